The molecular formula is C17H28N3O2S2+. The van der Waals surface area contributed by atoms with Crippen LogP contribution in [0.5, 0.6) is 0 Å². The van der Waals surface area contributed by atoms with E-state index < -0.39 is 9.84 Å². The van der Waals surface area contributed by atoms with Crippen molar-refractivity contribution in [3.63, 3.8) is 0 Å². The van der Waals surface area contributed by atoms with Crippen LogP contribution in [-0.4, -0.2) is 63.2 Å². The average molecular weight is 371 g/mol. The first kappa shape index (κ1) is 19.1. The Hall–Kier alpha value is -1.18. The largest absolute Gasteiger partial charge is 0.339 e. The average Bonchev–Trinajstić information content (AvgIpc) is 2.84. The molecule has 1 heterocycles. The van der Waals surface area contributed by atoms with Crippen molar-refractivity contribution in [3.8, 4) is 0 Å². The fraction of sp³-hybridized carbons (Fsp3) is 0.588. The highest BCUT2D eigenvalue weighted by Gasteiger charge is 2.33. The lowest BCUT2D eigenvalue weighted by Crippen LogP contribution is -3.06. The van der Waals surface area contributed by atoms with Crippen molar-refractivity contribution in [3.05, 3.63) is 29.3 Å². The second-order valence-electron chi connectivity index (χ2n) is 6.88. The fourth-order valence-electron chi connectivity index (χ4n) is 2.89. The van der Waals surface area contributed by atoms with E-state index in [1.54, 1.807) is 0 Å². The molecule has 5 nitrogen and oxygen atoms in total. The lowest BCUT2D eigenvalue weighted by atomic mass is 10.1. The fourth-order valence-corrected chi connectivity index (χ4v) is 4.97. The zero-order valence-corrected chi connectivity index (χ0v) is 16.6. The Labute approximate surface area is 150 Å². The van der Waals surface area contributed by atoms with Crippen molar-refractivity contribution in [1.82, 2.24) is 4.90 Å². The lowest BCUT2D eigenvalue weighted by molar-refractivity contribution is -0.857. The third-order valence-electron chi connectivity index (χ3n) is 4.61. The van der Waals surface area contributed by atoms with Crippen LogP contribution < -0.4 is 10.2 Å². The van der Waals surface area contributed by atoms with Crippen molar-refractivity contribution in [2.45, 2.75) is 26.3 Å². The summed E-state index contributed by atoms with van der Waals surface area (Å²) in [7, 11) is 1.24. The van der Waals surface area contributed by atoms with Crippen LogP contribution in [0.15, 0.2) is 18.2 Å². The molecule has 1 aliphatic heterocycles. The Bertz CT molecular complexity index is 702. The maximum atomic E-state index is 11.9. The van der Waals surface area contributed by atoms with Crippen LogP contribution in [0.1, 0.15) is 17.5 Å². The predicted molar refractivity (Wildman–Crippen MR) is 104 cm³/mol. The van der Waals surface area contributed by atoms with E-state index in [4.69, 9.17) is 12.2 Å². The number of quaternary nitrogens is 1. The molecule has 7 heteroatoms. The van der Waals surface area contributed by atoms with Crippen LogP contribution in [-0.2, 0) is 9.84 Å². The number of likely N-dealkylation sites (N-methyl/N-ethyl adjacent to an activating group) is 1. The summed E-state index contributed by atoms with van der Waals surface area (Å²) in [6.45, 7) is 5.79. The number of benzene rings is 1. The van der Waals surface area contributed by atoms with Crippen LogP contribution in [0.25, 0.3) is 0 Å². The summed E-state index contributed by atoms with van der Waals surface area (Å²) in [5.74, 6) is 0.458. The molecule has 0 amide bonds. The van der Waals surface area contributed by atoms with Gasteiger partial charge >= 0.3 is 0 Å². The third-order valence-corrected chi connectivity index (χ3v) is 6.70. The number of thiocarbonyl (C=S) groups is 1. The van der Waals surface area contributed by atoms with Crippen LogP contribution in [0.4, 0.5) is 5.69 Å². The van der Waals surface area contributed by atoms with Gasteiger partial charge in [-0.3, -0.25) is 0 Å². The first-order chi connectivity index (χ1) is 11.2. The Balaban J connectivity index is 2.16. The summed E-state index contributed by atoms with van der Waals surface area (Å²) in [5, 5.41) is 3.95. The molecule has 2 N–H and O–H groups in total. The smallest absolute Gasteiger partial charge is 0.173 e. The summed E-state index contributed by atoms with van der Waals surface area (Å²) >= 11 is 5.63. The molecule has 1 aromatic rings. The van der Waals surface area contributed by atoms with Gasteiger partial charge in [-0.25, -0.2) is 8.42 Å². The molecule has 2 rings (SSSR count). The monoisotopic (exact) mass is 370 g/mol. The molecule has 1 atom stereocenters. The maximum Gasteiger partial charge on any atom is 0.173 e. The molecule has 1 saturated heterocycles. The minimum Gasteiger partial charge on any atom is -0.339 e. The normalized spacial score (nSPS) is 19.5. The minimum atomic E-state index is -2.94. The molecule has 0 saturated carbocycles. The Morgan fingerprint density at radius 3 is 2.67 bits per heavy atom. The van der Waals surface area contributed by atoms with Gasteiger partial charge in [-0.15, -0.1) is 0 Å². The second kappa shape index (κ2) is 7.80. The molecular weight excluding hydrogens is 342 g/mol. The maximum absolute atomic E-state index is 11.9. The van der Waals surface area contributed by atoms with E-state index in [-0.39, 0.29) is 17.5 Å². The zero-order valence-electron chi connectivity index (χ0n) is 14.9. The zero-order chi connectivity index (χ0) is 17.9. The van der Waals surface area contributed by atoms with Crippen LogP contribution >= 0.6 is 12.2 Å². The lowest BCUT2D eigenvalue weighted by Gasteiger charge is -2.31. The van der Waals surface area contributed by atoms with Crippen molar-refractivity contribution < 1.29 is 13.3 Å². The van der Waals surface area contributed by atoms with Gasteiger partial charge in [0.25, 0.3) is 0 Å². The first-order valence-electron chi connectivity index (χ1n) is 8.33. The number of hydrogen-bond donors (Lipinski definition) is 2. The number of nitrogens with zero attached hydrogens (tertiary/aromatic N) is 1. The topological polar surface area (TPSA) is 53.9 Å². The highest BCUT2D eigenvalue weighted by atomic mass is 32.2. The molecule has 0 aliphatic carbocycles. The first-order valence-corrected chi connectivity index (χ1v) is 10.6. The van der Waals surface area contributed by atoms with Gasteiger partial charge in [-0.05, 0) is 49.7 Å². The van der Waals surface area contributed by atoms with Crippen molar-refractivity contribution in [2.75, 3.05) is 44.0 Å². The second-order valence-corrected chi connectivity index (χ2v) is 9.50. The van der Waals surface area contributed by atoms with Gasteiger partial charge < -0.3 is 15.1 Å². The number of rotatable bonds is 5. The SMILES string of the molecule is Cc1cccc(NC(=S)N(CC[NH+](C)C)[C@@H]2CCS(=O)(=O)C2)c1C. The number of nitrogens with one attached hydrogen (secondary N) is 2. The number of aryl methyl sites for hydroxylation is 1. The summed E-state index contributed by atoms with van der Waals surface area (Å²) in [6.07, 6.45) is 0.652. The van der Waals surface area contributed by atoms with Gasteiger partial charge in [-0.2, -0.15) is 0 Å². The van der Waals surface area contributed by atoms with E-state index in [0.29, 0.717) is 11.5 Å². The van der Waals surface area contributed by atoms with E-state index >= 15 is 0 Å². The van der Waals surface area contributed by atoms with Gasteiger partial charge in [0, 0.05) is 11.7 Å². The molecule has 1 aromatic carbocycles. The van der Waals surface area contributed by atoms with Gasteiger partial charge in [-0.1, -0.05) is 12.1 Å². The molecule has 0 bridgehead atoms. The molecule has 1 fully saturated rings. The number of sulfone groups is 1. The van der Waals surface area contributed by atoms with E-state index in [2.05, 4.69) is 44.2 Å². The van der Waals surface area contributed by atoms with E-state index in [1.165, 1.54) is 10.5 Å². The quantitative estimate of drug-likeness (QED) is 0.745. The minimum absolute atomic E-state index is 0.0283. The molecule has 0 radical (unpaired) electrons. The highest BCUT2D eigenvalue weighted by molar-refractivity contribution is 7.91. The predicted octanol–water partition coefficient (Wildman–Crippen LogP) is 0.634. The molecule has 24 heavy (non-hydrogen) atoms. The van der Waals surface area contributed by atoms with Gasteiger partial charge in [0.15, 0.2) is 14.9 Å². The molecule has 0 spiro atoms. The number of anilines is 1. The van der Waals surface area contributed by atoms with Crippen LogP contribution in [0, 0.1) is 13.8 Å². The summed E-state index contributed by atoms with van der Waals surface area (Å²) < 4.78 is 23.7. The molecule has 134 valence electrons. The van der Waals surface area contributed by atoms with Crippen molar-refractivity contribution >= 4 is 32.9 Å². The number of hydrogen-bond acceptors (Lipinski definition) is 3. The van der Waals surface area contributed by atoms with Crippen LogP contribution in [0.2, 0.25) is 0 Å². The van der Waals surface area contributed by atoms with Crippen molar-refractivity contribution in [2.24, 2.45) is 0 Å². The summed E-state index contributed by atoms with van der Waals surface area (Å²) in [6, 6.07) is 6.05. The third kappa shape index (κ3) is 4.91. The Morgan fingerprint density at radius 1 is 1.38 bits per heavy atom. The molecule has 0 unspecified atom stereocenters. The Kier molecular flexibility index (Phi) is 6.22. The van der Waals surface area contributed by atoms with Crippen molar-refractivity contribution in [1.29, 1.82) is 0 Å². The standard InChI is InChI=1S/C17H27N3O2S2/c1-13-6-5-7-16(14(13)2)18-17(23)20(10-9-19(3)4)15-8-11-24(21,22)12-15/h5-7,15H,8-12H2,1-4H3,(H,18,23)/p+1/t15-/m1/s1. The van der Waals surface area contributed by atoms with Gasteiger partial charge in [0.1, 0.15) is 0 Å². The van der Waals surface area contributed by atoms with Gasteiger partial charge in [0.2, 0.25) is 0 Å². The highest BCUT2D eigenvalue weighted by Crippen LogP contribution is 2.21. The molecule has 0 aromatic heterocycles. The van der Waals surface area contributed by atoms with E-state index in [0.717, 1.165) is 24.3 Å². The Morgan fingerprint density at radius 2 is 2.08 bits per heavy atom. The van der Waals surface area contributed by atoms with Gasteiger partial charge in [0.05, 0.1) is 38.7 Å². The van der Waals surface area contributed by atoms with Crippen LogP contribution in [0.3, 0.4) is 0 Å². The molecule has 1 aliphatic rings. The van der Waals surface area contributed by atoms with E-state index in [1.807, 2.05) is 12.1 Å². The summed E-state index contributed by atoms with van der Waals surface area (Å²) in [5.41, 5.74) is 3.36. The van der Waals surface area contributed by atoms with E-state index in [9.17, 15) is 8.42 Å². The summed E-state index contributed by atoms with van der Waals surface area (Å²) in [4.78, 5) is 3.38.